The summed E-state index contributed by atoms with van der Waals surface area (Å²) in [5.74, 6) is 1.01. The normalized spacial score (nSPS) is 11.2. The highest BCUT2D eigenvalue weighted by molar-refractivity contribution is 7.99. The van der Waals surface area contributed by atoms with Gasteiger partial charge in [0, 0.05) is 13.1 Å². The minimum atomic E-state index is 0.0562. The maximum atomic E-state index is 11.6. The number of rotatable bonds is 6. The molecule has 0 aliphatic carbocycles. The van der Waals surface area contributed by atoms with E-state index in [0.29, 0.717) is 18.2 Å². The van der Waals surface area contributed by atoms with Gasteiger partial charge in [0.1, 0.15) is 0 Å². The smallest absolute Gasteiger partial charge is 0.230 e. The first-order valence-corrected chi connectivity index (χ1v) is 7.95. The van der Waals surface area contributed by atoms with Crippen molar-refractivity contribution in [3.63, 3.8) is 0 Å². The molecule has 20 heavy (non-hydrogen) atoms. The van der Waals surface area contributed by atoms with Gasteiger partial charge < -0.3 is 9.88 Å². The van der Waals surface area contributed by atoms with Crippen LogP contribution in [0.2, 0.25) is 0 Å². The first kappa shape index (κ1) is 14.9. The number of aromatic nitrogens is 2. The van der Waals surface area contributed by atoms with Crippen LogP contribution in [0.1, 0.15) is 20.8 Å². The lowest BCUT2D eigenvalue weighted by Crippen LogP contribution is -2.24. The molecule has 2 aromatic rings. The van der Waals surface area contributed by atoms with Crippen LogP contribution in [0.15, 0.2) is 29.4 Å². The fourth-order valence-electron chi connectivity index (χ4n) is 2.08. The fraction of sp³-hybridized carbons (Fsp3) is 0.467. The summed E-state index contributed by atoms with van der Waals surface area (Å²) in [5.41, 5.74) is 2.13. The summed E-state index contributed by atoms with van der Waals surface area (Å²) in [5, 5.41) is 3.74. The van der Waals surface area contributed by atoms with E-state index in [1.165, 1.54) is 11.8 Å². The van der Waals surface area contributed by atoms with Crippen LogP contribution in [0.4, 0.5) is 0 Å². The molecule has 4 nitrogen and oxygen atoms in total. The maximum Gasteiger partial charge on any atom is 0.230 e. The Labute approximate surface area is 124 Å². The highest BCUT2D eigenvalue weighted by Gasteiger charge is 2.13. The van der Waals surface area contributed by atoms with Crippen molar-refractivity contribution >= 4 is 28.7 Å². The van der Waals surface area contributed by atoms with Crippen LogP contribution in [0, 0.1) is 5.92 Å². The van der Waals surface area contributed by atoms with Crippen LogP contribution in [-0.4, -0.2) is 27.8 Å². The van der Waals surface area contributed by atoms with Crippen LogP contribution in [0.3, 0.4) is 0 Å². The molecule has 0 radical (unpaired) electrons. The maximum absolute atomic E-state index is 11.6. The summed E-state index contributed by atoms with van der Waals surface area (Å²) in [7, 11) is 0. The van der Waals surface area contributed by atoms with Gasteiger partial charge in [0.15, 0.2) is 5.16 Å². The molecule has 0 saturated heterocycles. The Hall–Kier alpha value is -1.49. The lowest BCUT2D eigenvalue weighted by Gasteiger charge is -2.11. The summed E-state index contributed by atoms with van der Waals surface area (Å²) in [6.07, 6.45) is 0. The molecule has 0 bridgehead atoms. The minimum Gasteiger partial charge on any atom is -0.356 e. The van der Waals surface area contributed by atoms with Gasteiger partial charge in [0.25, 0.3) is 0 Å². The van der Waals surface area contributed by atoms with E-state index in [4.69, 9.17) is 0 Å². The van der Waals surface area contributed by atoms with Gasteiger partial charge in [-0.25, -0.2) is 4.98 Å². The molecule has 0 spiro atoms. The Balaban J connectivity index is 2.24. The molecule has 0 fully saturated rings. The Morgan fingerprint density at radius 3 is 2.85 bits per heavy atom. The molecular weight excluding hydrogens is 270 g/mol. The quantitative estimate of drug-likeness (QED) is 0.832. The highest BCUT2D eigenvalue weighted by Crippen LogP contribution is 2.25. The molecule has 0 atom stereocenters. The average Bonchev–Trinajstić information content (AvgIpc) is 2.75. The van der Waals surface area contributed by atoms with Gasteiger partial charge in [-0.3, -0.25) is 4.79 Å². The molecule has 0 saturated carbocycles. The van der Waals surface area contributed by atoms with E-state index < -0.39 is 0 Å². The van der Waals surface area contributed by atoms with Gasteiger partial charge in [-0.15, -0.1) is 0 Å². The standard InChI is InChI=1S/C15H21N3OS/c1-4-16-14(19)10-20-15-17-12-7-5-6-8-13(12)18(15)9-11(2)3/h5-8,11H,4,9-10H2,1-3H3,(H,16,19). The number of carbonyl (C=O) groups is 1. The molecule has 1 amide bonds. The zero-order chi connectivity index (χ0) is 14.5. The van der Waals surface area contributed by atoms with Crippen molar-refractivity contribution in [2.24, 2.45) is 5.92 Å². The predicted molar refractivity (Wildman–Crippen MR) is 84.0 cm³/mol. The van der Waals surface area contributed by atoms with Gasteiger partial charge in [0.05, 0.1) is 16.8 Å². The first-order chi connectivity index (χ1) is 9.61. The molecule has 1 N–H and O–H groups in total. The second kappa shape index (κ2) is 6.79. The predicted octanol–water partition coefficient (Wildman–Crippen LogP) is 2.92. The van der Waals surface area contributed by atoms with Crippen molar-refractivity contribution in [3.8, 4) is 0 Å². The second-order valence-electron chi connectivity index (χ2n) is 5.13. The summed E-state index contributed by atoms with van der Waals surface area (Å²) >= 11 is 1.50. The van der Waals surface area contributed by atoms with E-state index in [0.717, 1.165) is 22.7 Å². The number of carbonyl (C=O) groups excluding carboxylic acids is 1. The molecule has 1 aromatic carbocycles. The van der Waals surface area contributed by atoms with Crippen molar-refractivity contribution in [3.05, 3.63) is 24.3 Å². The molecule has 2 rings (SSSR count). The van der Waals surface area contributed by atoms with Crippen molar-refractivity contribution < 1.29 is 4.79 Å². The van der Waals surface area contributed by atoms with Crippen LogP contribution in [0.25, 0.3) is 11.0 Å². The zero-order valence-corrected chi connectivity index (χ0v) is 13.0. The van der Waals surface area contributed by atoms with Gasteiger partial charge in [-0.2, -0.15) is 0 Å². The molecule has 0 aliphatic heterocycles. The van der Waals surface area contributed by atoms with E-state index in [-0.39, 0.29) is 5.91 Å². The number of amides is 1. The number of hydrogen-bond acceptors (Lipinski definition) is 3. The summed E-state index contributed by atoms with van der Waals surface area (Å²) in [6, 6.07) is 8.12. The molecule has 1 heterocycles. The largest absolute Gasteiger partial charge is 0.356 e. The Bertz CT molecular complexity index is 592. The molecule has 0 unspecified atom stereocenters. The fourth-order valence-corrected chi connectivity index (χ4v) is 2.94. The van der Waals surface area contributed by atoms with Gasteiger partial charge in [-0.05, 0) is 25.0 Å². The van der Waals surface area contributed by atoms with Crippen LogP contribution in [0.5, 0.6) is 0 Å². The Kier molecular flexibility index (Phi) is 5.06. The number of fused-ring (bicyclic) bond motifs is 1. The topological polar surface area (TPSA) is 46.9 Å². The number of nitrogens with zero attached hydrogens (tertiary/aromatic N) is 2. The summed E-state index contributed by atoms with van der Waals surface area (Å²) in [4.78, 5) is 16.2. The number of thioether (sulfide) groups is 1. The van der Waals surface area contributed by atoms with E-state index in [1.54, 1.807) is 0 Å². The number of hydrogen-bond donors (Lipinski definition) is 1. The first-order valence-electron chi connectivity index (χ1n) is 6.96. The lowest BCUT2D eigenvalue weighted by molar-refractivity contribution is -0.118. The third kappa shape index (κ3) is 3.54. The van der Waals surface area contributed by atoms with Crippen molar-refractivity contribution in [2.45, 2.75) is 32.5 Å². The van der Waals surface area contributed by atoms with Gasteiger partial charge in [-0.1, -0.05) is 37.7 Å². The summed E-state index contributed by atoms with van der Waals surface area (Å²) in [6.45, 7) is 7.89. The SMILES string of the molecule is CCNC(=O)CSc1nc2ccccc2n1CC(C)C. The lowest BCUT2D eigenvalue weighted by atomic mass is 10.2. The highest BCUT2D eigenvalue weighted by atomic mass is 32.2. The van der Waals surface area contributed by atoms with Crippen molar-refractivity contribution in [1.29, 1.82) is 0 Å². The zero-order valence-electron chi connectivity index (χ0n) is 12.2. The Morgan fingerprint density at radius 2 is 2.15 bits per heavy atom. The van der Waals surface area contributed by atoms with Crippen LogP contribution >= 0.6 is 11.8 Å². The number of nitrogens with one attached hydrogen (secondary N) is 1. The van der Waals surface area contributed by atoms with Crippen molar-refractivity contribution in [2.75, 3.05) is 12.3 Å². The van der Waals surface area contributed by atoms with Crippen LogP contribution < -0.4 is 5.32 Å². The third-order valence-electron chi connectivity index (χ3n) is 2.87. The van der Waals surface area contributed by atoms with E-state index in [9.17, 15) is 4.79 Å². The third-order valence-corrected chi connectivity index (χ3v) is 3.85. The average molecular weight is 291 g/mol. The van der Waals surface area contributed by atoms with E-state index in [2.05, 4.69) is 34.8 Å². The Morgan fingerprint density at radius 1 is 1.40 bits per heavy atom. The number of imidazole rings is 1. The number of benzene rings is 1. The van der Waals surface area contributed by atoms with Gasteiger partial charge >= 0.3 is 0 Å². The van der Waals surface area contributed by atoms with Crippen molar-refractivity contribution in [1.82, 2.24) is 14.9 Å². The molecule has 1 aromatic heterocycles. The van der Waals surface area contributed by atoms with Crippen LogP contribution in [-0.2, 0) is 11.3 Å². The van der Waals surface area contributed by atoms with Gasteiger partial charge in [0.2, 0.25) is 5.91 Å². The second-order valence-corrected chi connectivity index (χ2v) is 6.07. The molecule has 108 valence electrons. The minimum absolute atomic E-state index is 0.0562. The van der Waals surface area contributed by atoms with E-state index >= 15 is 0 Å². The van der Waals surface area contributed by atoms with E-state index in [1.807, 2.05) is 25.1 Å². The molecule has 5 heteroatoms. The molecule has 0 aliphatic rings. The number of para-hydroxylation sites is 2. The monoisotopic (exact) mass is 291 g/mol. The molecular formula is C15H21N3OS. The summed E-state index contributed by atoms with van der Waals surface area (Å²) < 4.78 is 2.21.